The van der Waals surface area contributed by atoms with Crippen LogP contribution in [0.3, 0.4) is 0 Å². The van der Waals surface area contributed by atoms with E-state index >= 15 is 0 Å². The van der Waals surface area contributed by atoms with Gasteiger partial charge in [-0.1, -0.05) is 11.6 Å². The lowest BCUT2D eigenvalue weighted by atomic mass is 10.2. The van der Waals surface area contributed by atoms with Crippen molar-refractivity contribution >= 4 is 17.3 Å². The van der Waals surface area contributed by atoms with Crippen molar-refractivity contribution in [3.05, 3.63) is 62.7 Å². The van der Waals surface area contributed by atoms with E-state index < -0.39 is 4.92 Å². The van der Waals surface area contributed by atoms with Gasteiger partial charge >= 0.3 is 0 Å². The molecule has 122 valence electrons. The molecule has 6 nitrogen and oxygen atoms in total. The first kappa shape index (κ1) is 17.1. The van der Waals surface area contributed by atoms with Crippen LogP contribution in [-0.2, 0) is 13.2 Å². The molecule has 2 rings (SSSR count). The highest BCUT2D eigenvalue weighted by molar-refractivity contribution is 6.32. The smallest absolute Gasteiger partial charge is 0.269 e. The maximum absolute atomic E-state index is 10.6. The normalized spacial score (nSPS) is 10.4. The number of hydrogen-bond acceptors (Lipinski definition) is 5. The summed E-state index contributed by atoms with van der Waals surface area (Å²) < 4.78 is 11.2. The number of nitro groups is 1. The van der Waals surface area contributed by atoms with Crippen LogP contribution in [-0.4, -0.2) is 16.6 Å². The van der Waals surface area contributed by atoms with Crippen molar-refractivity contribution in [2.24, 2.45) is 0 Å². The summed E-state index contributed by atoms with van der Waals surface area (Å²) in [5.41, 5.74) is 1.41. The molecule has 0 aromatic heterocycles. The molecule has 0 heterocycles. The number of aliphatic hydroxyl groups is 1. The molecule has 0 fully saturated rings. The molecule has 2 aromatic carbocycles. The molecule has 23 heavy (non-hydrogen) atoms. The van der Waals surface area contributed by atoms with Crippen molar-refractivity contribution in [1.29, 1.82) is 0 Å². The van der Waals surface area contributed by atoms with Gasteiger partial charge in [-0.25, -0.2) is 0 Å². The third-order valence-corrected chi connectivity index (χ3v) is 3.36. The topological polar surface area (TPSA) is 81.8 Å². The molecule has 0 aliphatic carbocycles. The Morgan fingerprint density at radius 2 is 1.87 bits per heavy atom. The average Bonchev–Trinajstić information content (AvgIpc) is 2.54. The average molecular weight is 338 g/mol. The summed E-state index contributed by atoms with van der Waals surface area (Å²) in [6.45, 7) is 2.30. The molecule has 0 bridgehead atoms. The minimum Gasteiger partial charge on any atom is -0.490 e. The maximum atomic E-state index is 10.6. The Hall–Kier alpha value is -2.31. The van der Waals surface area contributed by atoms with Crippen molar-refractivity contribution in [3.8, 4) is 11.5 Å². The molecule has 0 radical (unpaired) electrons. The van der Waals surface area contributed by atoms with Gasteiger partial charge in [-0.3, -0.25) is 10.1 Å². The van der Waals surface area contributed by atoms with Crippen molar-refractivity contribution in [1.82, 2.24) is 0 Å². The maximum Gasteiger partial charge on any atom is 0.269 e. The zero-order valence-corrected chi connectivity index (χ0v) is 13.2. The molecule has 0 amide bonds. The van der Waals surface area contributed by atoms with Crippen molar-refractivity contribution in [2.75, 3.05) is 6.61 Å². The zero-order chi connectivity index (χ0) is 16.8. The van der Waals surface area contributed by atoms with E-state index in [1.54, 1.807) is 24.3 Å². The van der Waals surface area contributed by atoms with Crippen LogP contribution >= 0.6 is 11.6 Å². The van der Waals surface area contributed by atoms with Gasteiger partial charge in [0, 0.05) is 12.1 Å². The van der Waals surface area contributed by atoms with Crippen LogP contribution in [0.1, 0.15) is 18.1 Å². The highest BCUT2D eigenvalue weighted by Crippen LogP contribution is 2.37. The van der Waals surface area contributed by atoms with Crippen molar-refractivity contribution < 1.29 is 19.5 Å². The first-order valence-electron chi connectivity index (χ1n) is 6.97. The number of hydrogen-bond donors (Lipinski definition) is 1. The second-order valence-electron chi connectivity index (χ2n) is 4.71. The first-order valence-corrected chi connectivity index (χ1v) is 7.35. The number of non-ortho nitro benzene ring substituents is 1. The lowest BCUT2D eigenvalue weighted by Gasteiger charge is -2.14. The Bertz CT molecular complexity index is 688. The van der Waals surface area contributed by atoms with E-state index in [4.69, 9.17) is 21.1 Å². The standard InChI is InChI=1S/C16H16ClNO5/c1-2-22-15-8-12(9-19)7-14(17)16(15)23-10-11-3-5-13(6-4-11)18(20)21/h3-8,19H,2,9-10H2,1H3. The van der Waals surface area contributed by atoms with Crippen LogP contribution < -0.4 is 9.47 Å². The molecule has 1 N–H and O–H groups in total. The molecule has 0 aliphatic heterocycles. The Morgan fingerprint density at radius 3 is 2.43 bits per heavy atom. The molecule has 0 aliphatic rings. The summed E-state index contributed by atoms with van der Waals surface area (Å²) in [6, 6.07) is 9.34. The molecular weight excluding hydrogens is 322 g/mol. The van der Waals surface area contributed by atoms with Gasteiger partial charge in [0.1, 0.15) is 6.61 Å². The number of rotatable bonds is 7. The van der Waals surface area contributed by atoms with E-state index in [9.17, 15) is 15.2 Å². The quantitative estimate of drug-likeness (QED) is 0.615. The lowest BCUT2D eigenvalue weighted by Crippen LogP contribution is -2.01. The van der Waals surface area contributed by atoms with E-state index in [2.05, 4.69) is 0 Å². The SMILES string of the molecule is CCOc1cc(CO)cc(Cl)c1OCc1ccc([N+](=O)[O-])cc1. The number of benzene rings is 2. The van der Waals surface area contributed by atoms with E-state index in [1.807, 2.05) is 6.92 Å². The first-order chi connectivity index (χ1) is 11.0. The Labute approximate surface area is 138 Å². The van der Waals surface area contributed by atoms with Crippen LogP contribution in [0.4, 0.5) is 5.69 Å². The predicted molar refractivity (Wildman–Crippen MR) is 86.0 cm³/mol. The molecule has 0 spiro atoms. The number of nitro benzene ring substituents is 1. The highest BCUT2D eigenvalue weighted by Gasteiger charge is 2.13. The van der Waals surface area contributed by atoms with Gasteiger partial charge in [0.2, 0.25) is 0 Å². The molecule has 2 aromatic rings. The van der Waals surface area contributed by atoms with Crippen LogP contribution in [0.5, 0.6) is 11.5 Å². The van der Waals surface area contributed by atoms with Crippen molar-refractivity contribution in [3.63, 3.8) is 0 Å². The third-order valence-electron chi connectivity index (χ3n) is 3.08. The third kappa shape index (κ3) is 4.34. The van der Waals surface area contributed by atoms with Gasteiger partial charge in [-0.2, -0.15) is 0 Å². The predicted octanol–water partition coefficient (Wildman–Crippen LogP) is 3.72. The van der Waals surface area contributed by atoms with E-state index in [0.717, 1.165) is 5.56 Å². The monoisotopic (exact) mass is 337 g/mol. The summed E-state index contributed by atoms with van der Waals surface area (Å²) in [6.07, 6.45) is 0. The minimum atomic E-state index is -0.456. The van der Waals surface area contributed by atoms with Gasteiger partial charge < -0.3 is 14.6 Å². The summed E-state index contributed by atoms with van der Waals surface area (Å²) in [5, 5.41) is 20.2. The molecule has 0 saturated heterocycles. The summed E-state index contributed by atoms with van der Waals surface area (Å²) in [5.74, 6) is 0.829. The fraction of sp³-hybridized carbons (Fsp3) is 0.250. The Balaban J connectivity index is 2.17. The van der Waals surface area contributed by atoms with Crippen molar-refractivity contribution in [2.45, 2.75) is 20.1 Å². The van der Waals surface area contributed by atoms with Gasteiger partial charge in [0.15, 0.2) is 11.5 Å². The second kappa shape index (κ2) is 7.80. The van der Waals surface area contributed by atoms with E-state index in [-0.39, 0.29) is 18.9 Å². The molecule has 7 heteroatoms. The number of halogens is 1. The molecule has 0 atom stereocenters. The fourth-order valence-corrected chi connectivity index (χ4v) is 2.27. The summed E-state index contributed by atoms with van der Waals surface area (Å²) in [4.78, 5) is 10.2. The summed E-state index contributed by atoms with van der Waals surface area (Å²) >= 11 is 6.18. The minimum absolute atomic E-state index is 0.0223. The molecule has 0 unspecified atom stereocenters. The highest BCUT2D eigenvalue weighted by atomic mass is 35.5. The number of ether oxygens (including phenoxy) is 2. The van der Waals surface area contributed by atoms with Gasteiger partial charge in [-0.05, 0) is 42.3 Å². The van der Waals surface area contributed by atoms with Crippen LogP contribution in [0.15, 0.2) is 36.4 Å². The van der Waals surface area contributed by atoms with Crippen LogP contribution in [0.25, 0.3) is 0 Å². The van der Waals surface area contributed by atoms with Gasteiger partial charge in [-0.15, -0.1) is 0 Å². The molecular formula is C16H16ClNO5. The Morgan fingerprint density at radius 1 is 1.17 bits per heavy atom. The fourth-order valence-electron chi connectivity index (χ4n) is 1.99. The van der Waals surface area contributed by atoms with Gasteiger partial charge in [0.25, 0.3) is 5.69 Å². The second-order valence-corrected chi connectivity index (χ2v) is 5.12. The lowest BCUT2D eigenvalue weighted by molar-refractivity contribution is -0.384. The largest absolute Gasteiger partial charge is 0.490 e. The van der Waals surface area contributed by atoms with Gasteiger partial charge in [0.05, 0.1) is 23.2 Å². The van der Waals surface area contributed by atoms with Crippen LogP contribution in [0, 0.1) is 10.1 Å². The van der Waals surface area contributed by atoms with E-state index in [0.29, 0.717) is 28.7 Å². The Kier molecular flexibility index (Phi) is 5.78. The number of nitrogens with zero attached hydrogens (tertiary/aromatic N) is 1. The van der Waals surface area contributed by atoms with Crippen LogP contribution in [0.2, 0.25) is 5.02 Å². The van der Waals surface area contributed by atoms with E-state index in [1.165, 1.54) is 12.1 Å². The summed E-state index contributed by atoms with van der Waals surface area (Å²) in [7, 11) is 0. The number of aliphatic hydroxyl groups excluding tert-OH is 1. The zero-order valence-electron chi connectivity index (χ0n) is 12.5. The molecule has 0 saturated carbocycles.